The first-order valence-electron chi connectivity index (χ1n) is 9.46. The molecule has 1 amide bonds. The van der Waals surface area contributed by atoms with Gasteiger partial charge in [0, 0.05) is 62.7 Å². The van der Waals surface area contributed by atoms with Crippen LogP contribution in [0.5, 0.6) is 0 Å². The van der Waals surface area contributed by atoms with Crippen molar-refractivity contribution in [3.05, 3.63) is 60.4 Å². The first-order valence-corrected chi connectivity index (χ1v) is 9.46. The van der Waals surface area contributed by atoms with Crippen molar-refractivity contribution in [1.29, 1.82) is 0 Å². The van der Waals surface area contributed by atoms with Crippen LogP contribution in [-0.4, -0.2) is 43.0 Å². The number of rotatable bonds is 4. The molecule has 3 aromatic heterocycles. The maximum atomic E-state index is 12.9. The summed E-state index contributed by atoms with van der Waals surface area (Å²) in [5.74, 6) is 1.53. The minimum Gasteiger partial charge on any atom is -0.347 e. The van der Waals surface area contributed by atoms with Gasteiger partial charge in [0.15, 0.2) is 0 Å². The minimum atomic E-state index is 0.129. The SMILES string of the molecule is Cc1cnc(-c2ccncc2)n1CC1CCCN(C(=O)c2cccn2C)C1. The van der Waals surface area contributed by atoms with Crippen molar-refractivity contribution in [2.45, 2.75) is 26.3 Å². The Morgan fingerprint density at radius 2 is 2.07 bits per heavy atom. The number of pyridine rings is 1. The Kier molecular flexibility index (Phi) is 4.79. The molecule has 0 radical (unpaired) electrons. The smallest absolute Gasteiger partial charge is 0.270 e. The summed E-state index contributed by atoms with van der Waals surface area (Å²) in [5, 5.41) is 0. The number of carbonyl (C=O) groups excluding carboxylic acids is 1. The lowest BCUT2D eigenvalue weighted by Gasteiger charge is -2.33. The molecule has 4 heterocycles. The molecule has 1 saturated heterocycles. The van der Waals surface area contributed by atoms with Crippen LogP contribution in [-0.2, 0) is 13.6 Å². The fourth-order valence-electron chi connectivity index (χ4n) is 3.92. The second-order valence-corrected chi connectivity index (χ2v) is 7.33. The van der Waals surface area contributed by atoms with Crippen molar-refractivity contribution < 1.29 is 4.79 Å². The molecule has 1 atom stereocenters. The van der Waals surface area contributed by atoms with Gasteiger partial charge in [-0.1, -0.05) is 0 Å². The van der Waals surface area contributed by atoms with Gasteiger partial charge in [-0.05, 0) is 49.9 Å². The van der Waals surface area contributed by atoms with E-state index in [9.17, 15) is 4.79 Å². The molecular formula is C21H25N5O. The quantitative estimate of drug-likeness (QED) is 0.715. The lowest BCUT2D eigenvalue weighted by molar-refractivity contribution is 0.0653. The van der Waals surface area contributed by atoms with Gasteiger partial charge in [-0.3, -0.25) is 9.78 Å². The average molecular weight is 363 g/mol. The zero-order valence-corrected chi connectivity index (χ0v) is 15.9. The fraction of sp³-hybridized carbons (Fsp3) is 0.381. The van der Waals surface area contributed by atoms with Crippen LogP contribution >= 0.6 is 0 Å². The summed E-state index contributed by atoms with van der Waals surface area (Å²) >= 11 is 0. The molecule has 1 aliphatic heterocycles. The third kappa shape index (κ3) is 3.52. The summed E-state index contributed by atoms with van der Waals surface area (Å²) in [6.45, 7) is 4.59. The molecule has 4 rings (SSSR count). The first kappa shape index (κ1) is 17.5. The Labute approximate surface area is 159 Å². The molecule has 1 aliphatic rings. The van der Waals surface area contributed by atoms with Crippen LogP contribution in [0, 0.1) is 12.8 Å². The molecule has 0 aromatic carbocycles. The number of nitrogens with zero attached hydrogens (tertiary/aromatic N) is 5. The van der Waals surface area contributed by atoms with Gasteiger partial charge in [0.25, 0.3) is 5.91 Å². The molecule has 0 aliphatic carbocycles. The van der Waals surface area contributed by atoms with Crippen molar-refractivity contribution in [2.75, 3.05) is 13.1 Å². The lowest BCUT2D eigenvalue weighted by Crippen LogP contribution is -2.41. The van der Waals surface area contributed by atoms with Crippen molar-refractivity contribution in [3.8, 4) is 11.4 Å². The summed E-state index contributed by atoms with van der Waals surface area (Å²) < 4.78 is 4.17. The second-order valence-electron chi connectivity index (χ2n) is 7.33. The van der Waals surface area contributed by atoms with Crippen LogP contribution in [0.3, 0.4) is 0 Å². The van der Waals surface area contributed by atoms with Gasteiger partial charge in [0.2, 0.25) is 0 Å². The van der Waals surface area contributed by atoms with Crippen molar-refractivity contribution in [3.63, 3.8) is 0 Å². The monoisotopic (exact) mass is 363 g/mol. The number of carbonyl (C=O) groups is 1. The van der Waals surface area contributed by atoms with Gasteiger partial charge < -0.3 is 14.0 Å². The second kappa shape index (κ2) is 7.39. The minimum absolute atomic E-state index is 0.129. The molecule has 0 N–H and O–H groups in total. The molecule has 0 saturated carbocycles. The molecule has 140 valence electrons. The number of aryl methyl sites for hydroxylation is 2. The summed E-state index contributed by atoms with van der Waals surface area (Å²) in [6, 6.07) is 7.80. The van der Waals surface area contributed by atoms with E-state index < -0.39 is 0 Å². The Morgan fingerprint density at radius 3 is 2.81 bits per heavy atom. The topological polar surface area (TPSA) is 56.0 Å². The van der Waals surface area contributed by atoms with Gasteiger partial charge in [0.1, 0.15) is 11.5 Å². The van der Waals surface area contributed by atoms with E-state index in [1.54, 1.807) is 12.4 Å². The predicted molar refractivity (Wildman–Crippen MR) is 104 cm³/mol. The van der Waals surface area contributed by atoms with Crippen LogP contribution in [0.4, 0.5) is 0 Å². The van der Waals surface area contributed by atoms with Crippen LogP contribution in [0.15, 0.2) is 49.1 Å². The van der Waals surface area contributed by atoms with Crippen molar-refractivity contribution in [2.24, 2.45) is 13.0 Å². The lowest BCUT2D eigenvalue weighted by atomic mass is 9.97. The largest absolute Gasteiger partial charge is 0.347 e. The first-order chi connectivity index (χ1) is 13.1. The number of amides is 1. The van der Waals surface area contributed by atoms with Crippen molar-refractivity contribution in [1.82, 2.24) is 24.0 Å². The number of likely N-dealkylation sites (tertiary alicyclic amines) is 1. The average Bonchev–Trinajstić information content (AvgIpc) is 3.28. The van der Waals surface area contributed by atoms with Gasteiger partial charge in [-0.25, -0.2) is 4.98 Å². The van der Waals surface area contributed by atoms with Crippen LogP contribution in [0.2, 0.25) is 0 Å². The Morgan fingerprint density at radius 1 is 1.26 bits per heavy atom. The zero-order chi connectivity index (χ0) is 18.8. The van der Waals surface area contributed by atoms with Gasteiger partial charge >= 0.3 is 0 Å². The number of hydrogen-bond acceptors (Lipinski definition) is 3. The zero-order valence-electron chi connectivity index (χ0n) is 15.9. The third-order valence-corrected chi connectivity index (χ3v) is 5.40. The number of piperidine rings is 1. The van der Waals surface area contributed by atoms with E-state index in [1.807, 2.05) is 53.2 Å². The van der Waals surface area contributed by atoms with E-state index in [1.165, 1.54) is 0 Å². The molecule has 27 heavy (non-hydrogen) atoms. The molecular weight excluding hydrogens is 338 g/mol. The highest BCUT2D eigenvalue weighted by atomic mass is 16.2. The van der Waals surface area contributed by atoms with E-state index in [-0.39, 0.29) is 5.91 Å². The van der Waals surface area contributed by atoms with Gasteiger partial charge in [0.05, 0.1) is 0 Å². The third-order valence-electron chi connectivity index (χ3n) is 5.40. The van der Waals surface area contributed by atoms with E-state index in [2.05, 4.69) is 21.5 Å². The highest BCUT2D eigenvalue weighted by Gasteiger charge is 2.26. The summed E-state index contributed by atoms with van der Waals surface area (Å²) in [6.07, 6.45) is 9.61. The molecule has 6 nitrogen and oxygen atoms in total. The maximum Gasteiger partial charge on any atom is 0.270 e. The number of imidazole rings is 1. The van der Waals surface area contributed by atoms with E-state index in [0.717, 1.165) is 55.3 Å². The standard InChI is InChI=1S/C21H25N5O/c1-16-13-23-20(18-7-9-22-10-8-18)26(16)15-17-5-3-12-25(14-17)21(27)19-6-4-11-24(19)2/h4,6-11,13,17H,3,5,12,14-15H2,1-2H3. The van der Waals surface area contributed by atoms with Gasteiger partial charge in [-0.2, -0.15) is 0 Å². The van der Waals surface area contributed by atoms with E-state index >= 15 is 0 Å². The molecule has 1 fully saturated rings. The molecule has 0 spiro atoms. The summed E-state index contributed by atoms with van der Waals surface area (Å²) in [5.41, 5.74) is 2.98. The highest BCUT2D eigenvalue weighted by Crippen LogP contribution is 2.25. The predicted octanol–water partition coefficient (Wildman–Crippen LogP) is 3.14. The van der Waals surface area contributed by atoms with Crippen LogP contribution < -0.4 is 0 Å². The van der Waals surface area contributed by atoms with Crippen LogP contribution in [0.25, 0.3) is 11.4 Å². The maximum absolute atomic E-state index is 12.9. The van der Waals surface area contributed by atoms with E-state index in [4.69, 9.17) is 0 Å². The molecule has 1 unspecified atom stereocenters. The Bertz CT molecular complexity index is 927. The van der Waals surface area contributed by atoms with Gasteiger partial charge in [-0.15, -0.1) is 0 Å². The van der Waals surface area contributed by atoms with E-state index in [0.29, 0.717) is 5.92 Å². The molecule has 3 aromatic rings. The molecule has 0 bridgehead atoms. The van der Waals surface area contributed by atoms with Crippen LogP contribution in [0.1, 0.15) is 29.0 Å². The van der Waals surface area contributed by atoms with Crippen molar-refractivity contribution >= 4 is 5.91 Å². The highest BCUT2D eigenvalue weighted by molar-refractivity contribution is 5.92. The Hall–Kier alpha value is -2.89. The summed E-state index contributed by atoms with van der Waals surface area (Å²) in [7, 11) is 1.92. The summed E-state index contributed by atoms with van der Waals surface area (Å²) in [4.78, 5) is 23.6. The normalized spacial score (nSPS) is 17.3. The number of hydrogen-bond donors (Lipinski definition) is 0. The number of aromatic nitrogens is 4. The Balaban J connectivity index is 1.51. The fourth-order valence-corrected chi connectivity index (χ4v) is 3.92. The molecule has 6 heteroatoms.